The lowest BCUT2D eigenvalue weighted by Crippen LogP contribution is -2.48. The zero-order chi connectivity index (χ0) is 10.2. The quantitative estimate of drug-likeness (QED) is 0.701. The van der Waals surface area contributed by atoms with Crippen LogP contribution in [0.1, 0.15) is 13.8 Å². The van der Waals surface area contributed by atoms with Crippen molar-refractivity contribution in [3.05, 3.63) is 0 Å². The van der Waals surface area contributed by atoms with Gasteiger partial charge in [0.1, 0.15) is 6.61 Å². The molecule has 82 valence electrons. The summed E-state index contributed by atoms with van der Waals surface area (Å²) in [4.78, 5) is 0. The van der Waals surface area contributed by atoms with Gasteiger partial charge in [-0.25, -0.2) is 0 Å². The highest BCUT2D eigenvalue weighted by molar-refractivity contribution is 4.95. The van der Waals surface area contributed by atoms with E-state index in [0.29, 0.717) is 33.0 Å². The van der Waals surface area contributed by atoms with Crippen LogP contribution in [0.15, 0.2) is 0 Å². The van der Waals surface area contributed by atoms with Crippen LogP contribution in [-0.4, -0.2) is 38.8 Å². The van der Waals surface area contributed by atoms with Gasteiger partial charge >= 0.3 is 0 Å². The van der Waals surface area contributed by atoms with Gasteiger partial charge in [-0.1, -0.05) is 13.8 Å². The first-order valence-electron chi connectivity index (χ1n) is 5.16. The van der Waals surface area contributed by atoms with E-state index >= 15 is 0 Å². The molecule has 2 fully saturated rings. The molecule has 0 bridgehead atoms. The van der Waals surface area contributed by atoms with Crippen molar-refractivity contribution in [1.82, 2.24) is 0 Å². The minimum Gasteiger partial charge on any atom is -0.375 e. The molecule has 2 rings (SSSR count). The maximum absolute atomic E-state index is 5.77. The third-order valence-corrected chi connectivity index (χ3v) is 3.36. The lowest BCUT2D eigenvalue weighted by Gasteiger charge is -2.37. The largest absolute Gasteiger partial charge is 0.375 e. The zero-order valence-corrected chi connectivity index (χ0v) is 8.91. The van der Waals surface area contributed by atoms with Crippen LogP contribution in [-0.2, 0) is 14.2 Å². The van der Waals surface area contributed by atoms with E-state index in [4.69, 9.17) is 19.9 Å². The van der Waals surface area contributed by atoms with Crippen molar-refractivity contribution in [3.63, 3.8) is 0 Å². The van der Waals surface area contributed by atoms with E-state index in [1.54, 1.807) is 0 Å². The van der Waals surface area contributed by atoms with Crippen molar-refractivity contribution in [2.45, 2.75) is 19.6 Å². The van der Waals surface area contributed by atoms with Crippen LogP contribution in [0.3, 0.4) is 0 Å². The molecular formula is C10H19NO3. The fourth-order valence-corrected chi connectivity index (χ4v) is 2.26. The van der Waals surface area contributed by atoms with Crippen molar-refractivity contribution in [1.29, 1.82) is 0 Å². The molecule has 0 aromatic rings. The van der Waals surface area contributed by atoms with Gasteiger partial charge in [-0.15, -0.1) is 0 Å². The molecule has 0 aromatic carbocycles. The maximum atomic E-state index is 5.77. The molecule has 4 nitrogen and oxygen atoms in total. The molecule has 0 aromatic heterocycles. The van der Waals surface area contributed by atoms with E-state index < -0.39 is 5.79 Å². The molecular weight excluding hydrogens is 182 g/mol. The molecule has 2 saturated heterocycles. The summed E-state index contributed by atoms with van der Waals surface area (Å²) in [6, 6.07) is 0. The van der Waals surface area contributed by atoms with Crippen molar-refractivity contribution in [2.24, 2.45) is 17.1 Å². The topological polar surface area (TPSA) is 53.7 Å². The van der Waals surface area contributed by atoms with Crippen molar-refractivity contribution >= 4 is 0 Å². The van der Waals surface area contributed by atoms with Gasteiger partial charge in [-0.05, 0) is 12.0 Å². The van der Waals surface area contributed by atoms with Gasteiger partial charge in [-0.2, -0.15) is 0 Å². The lowest BCUT2D eigenvalue weighted by atomic mass is 9.75. The van der Waals surface area contributed by atoms with Gasteiger partial charge in [0.25, 0.3) is 0 Å². The van der Waals surface area contributed by atoms with Crippen molar-refractivity contribution < 1.29 is 14.2 Å². The maximum Gasteiger partial charge on any atom is 0.197 e. The fraction of sp³-hybridized carbons (Fsp3) is 1.00. The van der Waals surface area contributed by atoms with Crippen molar-refractivity contribution in [2.75, 3.05) is 33.0 Å². The second kappa shape index (κ2) is 3.45. The number of ether oxygens (including phenoxy) is 3. The summed E-state index contributed by atoms with van der Waals surface area (Å²) in [7, 11) is 0. The van der Waals surface area contributed by atoms with Crippen LogP contribution < -0.4 is 5.73 Å². The van der Waals surface area contributed by atoms with Crippen LogP contribution in [0.2, 0.25) is 0 Å². The number of nitrogens with two attached hydrogens (primary N) is 1. The first-order valence-corrected chi connectivity index (χ1v) is 5.16. The Labute approximate surface area is 84.7 Å². The highest BCUT2D eigenvalue weighted by Crippen LogP contribution is 2.43. The normalized spacial score (nSPS) is 31.5. The van der Waals surface area contributed by atoms with Crippen LogP contribution in [0.5, 0.6) is 0 Å². The lowest BCUT2D eigenvalue weighted by molar-refractivity contribution is -0.196. The molecule has 0 amide bonds. The van der Waals surface area contributed by atoms with Crippen LogP contribution in [0.25, 0.3) is 0 Å². The van der Waals surface area contributed by atoms with E-state index in [9.17, 15) is 0 Å². The highest BCUT2D eigenvalue weighted by atomic mass is 16.8. The number of hydrogen-bond donors (Lipinski definition) is 1. The van der Waals surface area contributed by atoms with Gasteiger partial charge in [-0.3, -0.25) is 0 Å². The van der Waals surface area contributed by atoms with E-state index in [1.165, 1.54) is 0 Å². The molecule has 1 unspecified atom stereocenters. The summed E-state index contributed by atoms with van der Waals surface area (Å²) in [6.07, 6.45) is 0. The van der Waals surface area contributed by atoms with Crippen LogP contribution in [0, 0.1) is 11.3 Å². The Kier molecular flexibility index (Phi) is 2.55. The minimum absolute atomic E-state index is 0.000833. The summed E-state index contributed by atoms with van der Waals surface area (Å²) >= 11 is 0. The third kappa shape index (κ3) is 1.46. The number of hydrogen-bond acceptors (Lipinski definition) is 4. The second-order valence-electron chi connectivity index (χ2n) is 4.77. The Balaban J connectivity index is 2.18. The Morgan fingerprint density at radius 3 is 2.57 bits per heavy atom. The summed E-state index contributed by atoms with van der Waals surface area (Å²) in [5.41, 5.74) is 5.77. The monoisotopic (exact) mass is 201 g/mol. The van der Waals surface area contributed by atoms with Gasteiger partial charge in [0, 0.05) is 5.92 Å². The first-order chi connectivity index (χ1) is 6.61. The Bertz CT molecular complexity index is 206. The van der Waals surface area contributed by atoms with Crippen LogP contribution >= 0.6 is 0 Å². The molecule has 4 heteroatoms. The molecule has 1 atom stereocenters. The fourth-order valence-electron chi connectivity index (χ4n) is 2.26. The van der Waals surface area contributed by atoms with E-state index in [-0.39, 0.29) is 11.3 Å². The average Bonchev–Trinajstić information content (AvgIpc) is 2.77. The predicted octanol–water partition coefficient (Wildman–Crippen LogP) is 0.361. The van der Waals surface area contributed by atoms with Gasteiger partial charge < -0.3 is 19.9 Å². The first kappa shape index (κ1) is 10.4. The SMILES string of the molecule is CC(C)(CN)C1COCC12OCCO2. The standard InChI is InChI=1S/C10H19NO3/c1-9(2,6-11)8-5-12-7-10(8)13-3-4-14-10/h8H,3-7,11H2,1-2H3. The summed E-state index contributed by atoms with van der Waals surface area (Å²) in [6.45, 7) is 7.46. The van der Waals surface area contributed by atoms with Crippen molar-refractivity contribution in [3.8, 4) is 0 Å². The molecule has 2 aliphatic heterocycles. The second-order valence-corrected chi connectivity index (χ2v) is 4.77. The zero-order valence-electron chi connectivity index (χ0n) is 8.91. The smallest absolute Gasteiger partial charge is 0.197 e. The predicted molar refractivity (Wildman–Crippen MR) is 51.8 cm³/mol. The third-order valence-electron chi connectivity index (χ3n) is 3.36. The Hall–Kier alpha value is -0.160. The molecule has 0 radical (unpaired) electrons. The summed E-state index contributed by atoms with van der Waals surface area (Å²) in [5, 5.41) is 0. The molecule has 0 aliphatic carbocycles. The Morgan fingerprint density at radius 1 is 1.36 bits per heavy atom. The molecule has 2 heterocycles. The molecule has 1 spiro atoms. The highest BCUT2D eigenvalue weighted by Gasteiger charge is 2.54. The van der Waals surface area contributed by atoms with E-state index in [0.717, 1.165) is 0 Å². The molecule has 2 N–H and O–H groups in total. The average molecular weight is 201 g/mol. The molecule has 14 heavy (non-hydrogen) atoms. The minimum atomic E-state index is -0.511. The van der Waals surface area contributed by atoms with Gasteiger partial charge in [0.15, 0.2) is 5.79 Å². The van der Waals surface area contributed by atoms with Gasteiger partial charge in [0.2, 0.25) is 0 Å². The molecule has 2 aliphatic rings. The van der Waals surface area contributed by atoms with Gasteiger partial charge in [0.05, 0.1) is 19.8 Å². The molecule has 0 saturated carbocycles. The van der Waals surface area contributed by atoms with Crippen LogP contribution in [0.4, 0.5) is 0 Å². The number of rotatable bonds is 2. The summed E-state index contributed by atoms with van der Waals surface area (Å²) in [5.74, 6) is -0.273. The summed E-state index contributed by atoms with van der Waals surface area (Å²) < 4.78 is 16.9. The van der Waals surface area contributed by atoms with E-state index in [2.05, 4.69) is 13.8 Å². The van der Waals surface area contributed by atoms with E-state index in [1.807, 2.05) is 0 Å². The Morgan fingerprint density at radius 2 is 2.00 bits per heavy atom.